The van der Waals surface area contributed by atoms with Crippen molar-refractivity contribution in [3.63, 3.8) is 0 Å². The second kappa shape index (κ2) is 2.85. The second-order valence-corrected chi connectivity index (χ2v) is 1.56. The molecule has 0 aliphatic carbocycles. The number of benzene rings is 1. The van der Waals surface area contributed by atoms with Crippen molar-refractivity contribution in [2.75, 3.05) is 0 Å². The molecule has 0 spiro atoms. The molecule has 0 saturated heterocycles. The molecular weight excluding hydrogens is 112 g/mol. The number of para-hydroxylation sites is 1. The van der Waals surface area contributed by atoms with Gasteiger partial charge >= 0.3 is 11.7 Å². The molecule has 0 atom stereocenters. The summed E-state index contributed by atoms with van der Waals surface area (Å²) in [6, 6.07) is 9.41. The summed E-state index contributed by atoms with van der Waals surface area (Å²) in [5, 5.41) is 0. The van der Waals surface area contributed by atoms with Crippen LogP contribution in [0.25, 0.3) is 0 Å². The molecule has 0 N–H and O–H groups in total. The van der Waals surface area contributed by atoms with Gasteiger partial charge < -0.3 is 0 Å². The highest BCUT2D eigenvalue weighted by molar-refractivity contribution is 5.42. The summed E-state index contributed by atoms with van der Waals surface area (Å²) in [6.45, 7) is 3.31. The summed E-state index contributed by atoms with van der Waals surface area (Å²) in [6.07, 6.45) is 0. The van der Waals surface area contributed by atoms with E-state index in [0.717, 1.165) is 5.75 Å². The van der Waals surface area contributed by atoms with Crippen LogP contribution in [-0.2, 0) is 4.42 Å². The molecule has 0 saturated carbocycles. The molecule has 0 aliphatic rings. The zero-order chi connectivity index (χ0) is 6.53. The van der Waals surface area contributed by atoms with Gasteiger partial charge in [0.25, 0.3) is 0 Å². The normalized spacial score (nSPS) is 8.00. The molecule has 9 heavy (non-hydrogen) atoms. The van der Waals surface area contributed by atoms with Crippen molar-refractivity contribution in [3.8, 4) is 5.75 Å². The van der Waals surface area contributed by atoms with Crippen molar-refractivity contribution in [2.45, 2.75) is 0 Å². The van der Waals surface area contributed by atoms with Crippen molar-refractivity contribution in [1.82, 2.24) is 0 Å². The Labute approximate surface area is 54.0 Å². The zero-order valence-corrected chi connectivity index (χ0v) is 5.00. The molecule has 0 radical (unpaired) electrons. The predicted molar refractivity (Wildman–Crippen MR) is 37.2 cm³/mol. The van der Waals surface area contributed by atoms with Gasteiger partial charge in [-0.25, -0.2) is 0 Å². The van der Waals surface area contributed by atoms with E-state index in [-0.39, 0.29) is 0 Å². The van der Waals surface area contributed by atoms with Crippen molar-refractivity contribution < 1.29 is 4.42 Å². The summed E-state index contributed by atoms with van der Waals surface area (Å²) in [7, 11) is 0. The molecule has 1 aromatic rings. The first-order valence-corrected chi connectivity index (χ1v) is 2.67. The minimum atomic E-state index is 0.771. The molecular formula is C8H7O+. The quantitative estimate of drug-likeness (QED) is 0.395. The van der Waals surface area contributed by atoms with E-state index in [0.29, 0.717) is 0 Å². The van der Waals surface area contributed by atoms with Gasteiger partial charge in [0.1, 0.15) is 0 Å². The Hall–Kier alpha value is -1.33. The maximum atomic E-state index is 4.84. The topological polar surface area (TPSA) is 11.3 Å². The van der Waals surface area contributed by atoms with Gasteiger partial charge in [-0.2, -0.15) is 4.42 Å². The fourth-order valence-corrected chi connectivity index (χ4v) is 0.572. The highest BCUT2D eigenvalue weighted by atomic mass is 16.4. The molecule has 0 heterocycles. The van der Waals surface area contributed by atoms with Crippen molar-refractivity contribution >= 4 is 5.94 Å². The van der Waals surface area contributed by atoms with E-state index in [1.807, 2.05) is 30.3 Å². The second-order valence-electron chi connectivity index (χ2n) is 1.56. The van der Waals surface area contributed by atoms with E-state index in [9.17, 15) is 0 Å². The van der Waals surface area contributed by atoms with Crippen LogP contribution in [0.15, 0.2) is 36.9 Å². The number of rotatable bonds is 1. The summed E-state index contributed by atoms with van der Waals surface area (Å²) < 4.78 is 4.84. The Kier molecular flexibility index (Phi) is 1.84. The van der Waals surface area contributed by atoms with E-state index in [4.69, 9.17) is 4.42 Å². The lowest BCUT2D eigenvalue weighted by atomic mass is 10.3. The summed E-state index contributed by atoms with van der Waals surface area (Å²) in [5.74, 6) is 3.10. The van der Waals surface area contributed by atoms with Gasteiger partial charge in [-0.1, -0.05) is 18.2 Å². The zero-order valence-electron chi connectivity index (χ0n) is 5.00. The molecule has 1 aromatic carbocycles. The summed E-state index contributed by atoms with van der Waals surface area (Å²) in [4.78, 5) is 0. The van der Waals surface area contributed by atoms with E-state index >= 15 is 0 Å². The third-order valence-corrected chi connectivity index (χ3v) is 0.933. The molecule has 0 aliphatic heterocycles. The smallest absolute Gasteiger partial charge is 0.158 e. The fourth-order valence-electron chi connectivity index (χ4n) is 0.572. The molecule has 44 valence electrons. The van der Waals surface area contributed by atoms with Crippen LogP contribution in [0, 0.1) is 0 Å². The number of hydrogen-bond acceptors (Lipinski definition) is 0. The maximum Gasteiger partial charge on any atom is 0.368 e. The first-order valence-electron chi connectivity index (χ1n) is 2.67. The van der Waals surface area contributed by atoms with Crippen LogP contribution >= 0.6 is 0 Å². The molecule has 1 nitrogen and oxygen atoms in total. The van der Waals surface area contributed by atoms with Crippen LogP contribution in [0.3, 0.4) is 0 Å². The van der Waals surface area contributed by atoms with Crippen molar-refractivity contribution in [3.05, 3.63) is 36.9 Å². The largest absolute Gasteiger partial charge is 0.368 e. The molecule has 0 fully saturated rings. The summed E-state index contributed by atoms with van der Waals surface area (Å²) in [5.41, 5.74) is 0. The Bertz CT molecular complexity index is 220. The first-order chi connectivity index (χ1) is 4.43. The Balaban J connectivity index is 2.97. The predicted octanol–water partition coefficient (Wildman–Crippen LogP) is 1.95. The fraction of sp³-hybridized carbons (Fsp3) is 0. The van der Waals surface area contributed by atoms with Gasteiger partial charge in [-0.05, 0) is 0 Å². The van der Waals surface area contributed by atoms with Gasteiger partial charge in [0, 0.05) is 18.7 Å². The average molecular weight is 119 g/mol. The van der Waals surface area contributed by atoms with E-state index < -0.39 is 0 Å². The average Bonchev–Trinajstić information content (AvgIpc) is 1.91. The standard InChI is InChI=1S/C8H7O/c1-2-9-8-6-4-3-5-7-8/h3-7H,1H2/q+1. The van der Waals surface area contributed by atoms with Crippen molar-refractivity contribution in [2.24, 2.45) is 0 Å². The lowest BCUT2D eigenvalue weighted by Crippen LogP contribution is -1.62. The van der Waals surface area contributed by atoms with Crippen molar-refractivity contribution in [1.29, 1.82) is 0 Å². The molecule has 0 amide bonds. The van der Waals surface area contributed by atoms with Crippen LogP contribution < -0.4 is 0 Å². The highest BCUT2D eigenvalue weighted by Gasteiger charge is 1.93. The minimum Gasteiger partial charge on any atom is -0.158 e. The van der Waals surface area contributed by atoms with Crippen LogP contribution in [-0.4, -0.2) is 5.94 Å². The monoisotopic (exact) mass is 119 g/mol. The van der Waals surface area contributed by atoms with Crippen LogP contribution in [0.4, 0.5) is 0 Å². The molecule has 0 bridgehead atoms. The molecule has 0 unspecified atom stereocenters. The first kappa shape index (κ1) is 5.80. The van der Waals surface area contributed by atoms with Crippen LogP contribution in [0.2, 0.25) is 0 Å². The van der Waals surface area contributed by atoms with Gasteiger partial charge in [0.05, 0.1) is 0 Å². The third kappa shape index (κ3) is 1.56. The third-order valence-electron chi connectivity index (χ3n) is 0.933. The maximum absolute atomic E-state index is 4.84. The Morgan fingerprint density at radius 3 is 2.44 bits per heavy atom. The van der Waals surface area contributed by atoms with Gasteiger partial charge in [0.2, 0.25) is 0 Å². The van der Waals surface area contributed by atoms with Gasteiger partial charge in [0.15, 0.2) is 0 Å². The Morgan fingerprint density at radius 2 is 1.89 bits per heavy atom. The summed E-state index contributed by atoms with van der Waals surface area (Å²) >= 11 is 0. The Morgan fingerprint density at radius 1 is 1.22 bits per heavy atom. The minimum absolute atomic E-state index is 0.771. The number of carbonyl (C=O) groups excluding carboxylic acids is 1. The lowest BCUT2D eigenvalue weighted by Gasteiger charge is -1.73. The van der Waals surface area contributed by atoms with Gasteiger partial charge in [-0.3, -0.25) is 0 Å². The van der Waals surface area contributed by atoms with Crippen LogP contribution in [0.5, 0.6) is 5.75 Å². The molecule has 1 rings (SSSR count). The SMILES string of the molecule is C=C=[O+]c1ccccc1. The molecule has 1 heteroatoms. The van der Waals surface area contributed by atoms with Gasteiger partial charge in [-0.15, -0.1) is 0 Å². The van der Waals surface area contributed by atoms with E-state index in [1.54, 1.807) is 0 Å². The van der Waals surface area contributed by atoms with Crippen LogP contribution in [0.1, 0.15) is 0 Å². The lowest BCUT2D eigenvalue weighted by molar-refractivity contribution is 0.258. The van der Waals surface area contributed by atoms with E-state index in [2.05, 4.69) is 12.5 Å². The molecule has 0 aromatic heterocycles. The van der Waals surface area contributed by atoms with E-state index in [1.165, 1.54) is 0 Å². The highest BCUT2D eigenvalue weighted by Crippen LogP contribution is 2.06. The number of hydrogen-bond donors (Lipinski definition) is 0.